The lowest BCUT2D eigenvalue weighted by atomic mass is 10.1. The van der Waals surface area contributed by atoms with Crippen LogP contribution in [0.2, 0.25) is 0 Å². The lowest BCUT2D eigenvalue weighted by molar-refractivity contribution is 0.0504. The average molecular weight is 270 g/mol. The zero-order valence-corrected chi connectivity index (χ0v) is 11.3. The van der Waals surface area contributed by atoms with Gasteiger partial charge in [0, 0.05) is 26.3 Å². The molecule has 5 nitrogen and oxygen atoms in total. The molecule has 0 saturated heterocycles. The summed E-state index contributed by atoms with van der Waals surface area (Å²) in [6.07, 6.45) is 0. The number of hydrogen-bond acceptors (Lipinski definition) is 4. The molecule has 0 aromatic heterocycles. The van der Waals surface area contributed by atoms with Crippen molar-refractivity contribution >= 4 is 11.0 Å². The number of aromatic nitrogens is 2. The Morgan fingerprint density at radius 3 is 2.85 bits per heavy atom. The van der Waals surface area contributed by atoms with E-state index in [1.54, 1.807) is 12.1 Å². The fourth-order valence-electron chi connectivity index (χ4n) is 2.23. The number of fused-ring (bicyclic) bond motifs is 2. The Kier molecular flexibility index (Phi) is 3.12. The molecule has 2 aliphatic rings. The number of hydrogen-bond donors (Lipinski definition) is 0. The maximum atomic E-state index is 12.0. The van der Waals surface area contributed by atoms with Gasteiger partial charge in [0.05, 0.1) is 22.4 Å². The maximum absolute atomic E-state index is 12.0. The van der Waals surface area contributed by atoms with Crippen LogP contribution in [0.4, 0.5) is 0 Å². The summed E-state index contributed by atoms with van der Waals surface area (Å²) in [4.78, 5) is 16.6. The first kappa shape index (κ1) is 12.6. The molecule has 1 aromatic carbocycles. The third-order valence-electron chi connectivity index (χ3n) is 3.22. The molecule has 0 saturated carbocycles. The van der Waals surface area contributed by atoms with Crippen molar-refractivity contribution in [3.05, 3.63) is 46.6 Å². The van der Waals surface area contributed by atoms with Crippen molar-refractivity contribution in [3.8, 4) is 17.1 Å². The van der Waals surface area contributed by atoms with E-state index in [0.717, 1.165) is 22.4 Å². The highest BCUT2D eigenvalue weighted by Gasteiger charge is 2.14. The number of ether oxygens (including phenoxy) is 2. The first-order chi connectivity index (χ1) is 9.70. The molecular weight excluding hydrogens is 256 g/mol. The number of rotatable bonds is 3. The normalized spacial score (nSPS) is 11.1. The Hall–Kier alpha value is -2.40. The summed E-state index contributed by atoms with van der Waals surface area (Å²) in [5, 5.41) is 0. The zero-order valence-electron chi connectivity index (χ0n) is 11.3. The van der Waals surface area contributed by atoms with E-state index in [0.29, 0.717) is 0 Å². The summed E-state index contributed by atoms with van der Waals surface area (Å²) in [5.41, 5.74) is 3.17. The quantitative estimate of drug-likeness (QED) is 0.539. The van der Waals surface area contributed by atoms with Gasteiger partial charge in [-0.1, -0.05) is 12.1 Å². The number of para-hydroxylation sites is 2. The molecule has 102 valence electrons. The van der Waals surface area contributed by atoms with Crippen LogP contribution >= 0.6 is 0 Å². The zero-order chi connectivity index (χ0) is 14.1. The van der Waals surface area contributed by atoms with Gasteiger partial charge in [0.15, 0.2) is 12.5 Å². The Balaban J connectivity index is 2.27. The monoisotopic (exact) mass is 270 g/mol. The topological polar surface area (TPSA) is 53.4 Å². The smallest absolute Gasteiger partial charge is 0.222 e. The molecule has 3 rings (SSSR count). The molecule has 1 heterocycles. The first-order valence-corrected chi connectivity index (χ1v) is 6.22. The van der Waals surface area contributed by atoms with E-state index in [-0.39, 0.29) is 18.0 Å². The highest BCUT2D eigenvalue weighted by molar-refractivity contribution is 5.80. The molecule has 0 atom stereocenters. The lowest BCUT2D eigenvalue weighted by Gasteiger charge is -2.15. The molecule has 1 aliphatic carbocycles. The van der Waals surface area contributed by atoms with E-state index in [9.17, 15) is 4.79 Å². The summed E-state index contributed by atoms with van der Waals surface area (Å²) in [5.74, 6) is 0.252. The van der Waals surface area contributed by atoms with Gasteiger partial charge in [-0.15, -0.1) is 0 Å². The van der Waals surface area contributed by atoms with Crippen molar-refractivity contribution in [2.24, 2.45) is 7.05 Å². The second-order valence-electron chi connectivity index (χ2n) is 4.50. The van der Waals surface area contributed by atoms with E-state index in [2.05, 4.69) is 4.98 Å². The molecular formula is C15H14N2O3. The van der Waals surface area contributed by atoms with Gasteiger partial charge in [0.2, 0.25) is 5.43 Å². The lowest BCUT2D eigenvalue weighted by Crippen LogP contribution is -2.13. The Bertz CT molecular complexity index is 795. The molecule has 0 spiro atoms. The minimum Gasteiger partial charge on any atom is -0.463 e. The standard InChI is InChI=1S/C15H14N2O3/c1-17-12-6-4-3-5-10(12)16-11-7-15(20-9-19-2)14(18)8-13(11)17/h3-8H,9H2,1-2H3. The molecule has 0 unspecified atom stereocenters. The molecule has 0 radical (unpaired) electrons. The molecule has 0 fully saturated rings. The van der Waals surface area contributed by atoms with Crippen molar-refractivity contribution in [2.45, 2.75) is 0 Å². The molecule has 1 aliphatic heterocycles. The van der Waals surface area contributed by atoms with E-state index < -0.39 is 0 Å². The molecule has 1 aromatic rings. The molecule has 0 N–H and O–H groups in total. The van der Waals surface area contributed by atoms with Gasteiger partial charge in [0.1, 0.15) is 0 Å². The van der Waals surface area contributed by atoms with Crippen molar-refractivity contribution in [2.75, 3.05) is 13.9 Å². The summed E-state index contributed by atoms with van der Waals surface area (Å²) in [6, 6.07) is 11.0. The van der Waals surface area contributed by atoms with E-state index >= 15 is 0 Å². The number of benzene rings is 2. The Morgan fingerprint density at radius 1 is 1.25 bits per heavy atom. The van der Waals surface area contributed by atoms with Crippen molar-refractivity contribution in [3.63, 3.8) is 0 Å². The van der Waals surface area contributed by atoms with Crippen molar-refractivity contribution in [1.82, 2.24) is 9.55 Å². The summed E-state index contributed by atoms with van der Waals surface area (Å²) >= 11 is 0. The third-order valence-corrected chi connectivity index (χ3v) is 3.22. The second-order valence-corrected chi connectivity index (χ2v) is 4.50. The molecule has 0 bridgehead atoms. The van der Waals surface area contributed by atoms with E-state index in [4.69, 9.17) is 9.47 Å². The van der Waals surface area contributed by atoms with Crippen LogP contribution in [0.3, 0.4) is 0 Å². The van der Waals surface area contributed by atoms with Crippen LogP contribution in [-0.4, -0.2) is 23.5 Å². The molecule has 20 heavy (non-hydrogen) atoms. The van der Waals surface area contributed by atoms with Crippen LogP contribution in [0.15, 0.2) is 41.2 Å². The number of nitrogens with zero attached hydrogens (tertiary/aromatic N) is 2. The van der Waals surface area contributed by atoms with Gasteiger partial charge in [-0.2, -0.15) is 0 Å². The van der Waals surface area contributed by atoms with Gasteiger partial charge < -0.3 is 14.0 Å². The van der Waals surface area contributed by atoms with Gasteiger partial charge in [0.25, 0.3) is 0 Å². The predicted octanol–water partition coefficient (Wildman–Crippen LogP) is 2.02. The highest BCUT2D eigenvalue weighted by Crippen LogP contribution is 2.25. The van der Waals surface area contributed by atoms with Crippen molar-refractivity contribution < 1.29 is 9.47 Å². The third kappa shape index (κ3) is 2.02. The van der Waals surface area contributed by atoms with Crippen LogP contribution in [-0.2, 0) is 11.8 Å². The fourth-order valence-corrected chi connectivity index (χ4v) is 2.23. The summed E-state index contributed by atoms with van der Waals surface area (Å²) in [7, 11) is 3.43. The summed E-state index contributed by atoms with van der Waals surface area (Å²) in [6.45, 7) is 0.0421. The van der Waals surface area contributed by atoms with Crippen LogP contribution in [0.25, 0.3) is 22.4 Å². The van der Waals surface area contributed by atoms with E-state index in [1.807, 2.05) is 35.9 Å². The van der Waals surface area contributed by atoms with Crippen LogP contribution in [0.1, 0.15) is 0 Å². The minimum atomic E-state index is -0.178. The Labute approximate surface area is 115 Å². The molecule has 5 heteroatoms. The highest BCUT2D eigenvalue weighted by atomic mass is 16.7. The molecule has 0 amide bonds. The minimum absolute atomic E-state index is 0.0421. The summed E-state index contributed by atoms with van der Waals surface area (Å²) < 4.78 is 12.0. The van der Waals surface area contributed by atoms with Gasteiger partial charge in [-0.05, 0) is 12.1 Å². The largest absolute Gasteiger partial charge is 0.463 e. The van der Waals surface area contributed by atoms with Gasteiger partial charge in [-0.3, -0.25) is 4.79 Å². The Morgan fingerprint density at radius 2 is 2.05 bits per heavy atom. The van der Waals surface area contributed by atoms with Gasteiger partial charge in [-0.25, -0.2) is 4.98 Å². The van der Waals surface area contributed by atoms with Crippen LogP contribution < -0.4 is 10.2 Å². The van der Waals surface area contributed by atoms with Crippen LogP contribution in [0, 0.1) is 0 Å². The number of methoxy groups -OCH3 is 1. The van der Waals surface area contributed by atoms with E-state index in [1.165, 1.54) is 7.11 Å². The SMILES string of the molecule is COCOc1cc2nc3ccccc3n(C)c-2cc1=O. The first-order valence-electron chi connectivity index (χ1n) is 6.22. The average Bonchev–Trinajstić information content (AvgIpc) is 2.46. The second kappa shape index (κ2) is 4.94. The predicted molar refractivity (Wildman–Crippen MR) is 76.1 cm³/mol. The van der Waals surface area contributed by atoms with Gasteiger partial charge >= 0.3 is 0 Å². The van der Waals surface area contributed by atoms with Crippen molar-refractivity contribution in [1.29, 1.82) is 0 Å². The van der Waals surface area contributed by atoms with Crippen LogP contribution in [0.5, 0.6) is 5.75 Å². The number of aryl methyl sites for hydroxylation is 1. The fraction of sp³-hybridized carbons (Fsp3) is 0.200. The maximum Gasteiger partial charge on any atom is 0.222 e.